The van der Waals surface area contributed by atoms with Gasteiger partial charge in [0, 0.05) is 31.2 Å². The van der Waals surface area contributed by atoms with Crippen LogP contribution in [0.1, 0.15) is 30.6 Å². The summed E-state index contributed by atoms with van der Waals surface area (Å²) in [6.07, 6.45) is 0.430. The van der Waals surface area contributed by atoms with Gasteiger partial charge in [0.1, 0.15) is 0 Å². The Morgan fingerprint density at radius 3 is 2.52 bits per heavy atom. The van der Waals surface area contributed by atoms with E-state index in [4.69, 9.17) is 9.47 Å². The molecule has 1 atom stereocenters. The van der Waals surface area contributed by atoms with Crippen LogP contribution in [0.3, 0.4) is 0 Å². The first kappa shape index (κ1) is 17.4. The average Bonchev–Trinajstić information content (AvgIpc) is 2.56. The second-order valence-corrected chi connectivity index (χ2v) is 5.55. The Morgan fingerprint density at radius 1 is 1.26 bits per heavy atom. The molecule has 6 heteroatoms. The number of hydrogen-bond donors (Lipinski definition) is 1. The van der Waals surface area contributed by atoms with Crippen molar-refractivity contribution in [1.82, 2.24) is 4.90 Å². The topological polar surface area (TPSA) is 67.9 Å². The van der Waals surface area contributed by atoms with E-state index in [1.54, 1.807) is 31.2 Å². The molecule has 1 aliphatic heterocycles. The molecule has 126 valence electrons. The standard InChI is InChI=1S/C17H24N2O4/c1-3-23-17(21)14-4-6-15(7-5-14)18-16(20)12-13(2)19-8-10-22-11-9-19/h4-7,13H,3,8-12H2,1-2H3,(H,18,20). The van der Waals surface area contributed by atoms with Crippen LogP contribution < -0.4 is 5.32 Å². The van der Waals surface area contributed by atoms with Crippen molar-refractivity contribution in [2.24, 2.45) is 0 Å². The molecule has 0 radical (unpaired) electrons. The van der Waals surface area contributed by atoms with Gasteiger partial charge in [0.25, 0.3) is 0 Å². The Bertz CT molecular complexity index is 524. The number of rotatable bonds is 6. The maximum Gasteiger partial charge on any atom is 0.338 e. The van der Waals surface area contributed by atoms with Crippen LogP contribution in [0.25, 0.3) is 0 Å². The van der Waals surface area contributed by atoms with E-state index in [2.05, 4.69) is 17.1 Å². The molecule has 1 aromatic carbocycles. The molecule has 0 spiro atoms. The van der Waals surface area contributed by atoms with E-state index < -0.39 is 0 Å². The van der Waals surface area contributed by atoms with E-state index in [0.717, 1.165) is 26.3 Å². The van der Waals surface area contributed by atoms with Gasteiger partial charge < -0.3 is 14.8 Å². The Balaban J connectivity index is 1.83. The zero-order valence-corrected chi connectivity index (χ0v) is 13.7. The highest BCUT2D eigenvalue weighted by atomic mass is 16.5. The van der Waals surface area contributed by atoms with Gasteiger partial charge >= 0.3 is 5.97 Å². The molecule has 1 aromatic rings. The van der Waals surface area contributed by atoms with Gasteiger partial charge in [-0.1, -0.05) is 0 Å². The van der Waals surface area contributed by atoms with Crippen molar-refractivity contribution in [1.29, 1.82) is 0 Å². The molecule has 23 heavy (non-hydrogen) atoms. The summed E-state index contributed by atoms with van der Waals surface area (Å²) < 4.78 is 10.2. The highest BCUT2D eigenvalue weighted by molar-refractivity contribution is 5.93. The zero-order valence-electron chi connectivity index (χ0n) is 13.7. The van der Waals surface area contributed by atoms with Gasteiger partial charge in [-0.15, -0.1) is 0 Å². The number of morpholine rings is 1. The van der Waals surface area contributed by atoms with Gasteiger partial charge in [0.15, 0.2) is 0 Å². The summed E-state index contributed by atoms with van der Waals surface area (Å²) in [5.74, 6) is -0.390. The van der Waals surface area contributed by atoms with Gasteiger partial charge in [0.2, 0.25) is 5.91 Å². The van der Waals surface area contributed by atoms with Gasteiger partial charge in [-0.05, 0) is 38.1 Å². The number of nitrogens with one attached hydrogen (secondary N) is 1. The minimum Gasteiger partial charge on any atom is -0.462 e. The molecule has 0 bridgehead atoms. The Kier molecular flexibility index (Phi) is 6.55. The average molecular weight is 320 g/mol. The number of carbonyl (C=O) groups is 2. The van der Waals surface area contributed by atoms with Crippen LogP contribution in [0.2, 0.25) is 0 Å². The van der Waals surface area contributed by atoms with Crippen LogP contribution >= 0.6 is 0 Å². The number of anilines is 1. The Labute approximate surface area is 136 Å². The SMILES string of the molecule is CCOC(=O)c1ccc(NC(=O)CC(C)N2CCOCC2)cc1. The fourth-order valence-electron chi connectivity index (χ4n) is 2.53. The molecule has 1 saturated heterocycles. The molecule has 2 rings (SSSR count). The molecule has 1 N–H and O–H groups in total. The zero-order chi connectivity index (χ0) is 16.7. The Morgan fingerprint density at radius 2 is 1.91 bits per heavy atom. The van der Waals surface area contributed by atoms with Crippen molar-refractivity contribution >= 4 is 17.6 Å². The number of benzene rings is 1. The lowest BCUT2D eigenvalue weighted by Gasteiger charge is -2.31. The first-order valence-corrected chi connectivity index (χ1v) is 7.99. The molecule has 1 aliphatic rings. The largest absolute Gasteiger partial charge is 0.462 e. The minimum atomic E-state index is -0.355. The quantitative estimate of drug-likeness (QED) is 0.811. The predicted octanol–water partition coefficient (Wildman–Crippen LogP) is 1.91. The van der Waals surface area contributed by atoms with E-state index >= 15 is 0 Å². The van der Waals surface area contributed by atoms with Gasteiger partial charge in [-0.25, -0.2) is 4.79 Å². The summed E-state index contributed by atoms with van der Waals surface area (Å²) in [6, 6.07) is 6.91. The predicted molar refractivity (Wildman–Crippen MR) is 87.5 cm³/mol. The highest BCUT2D eigenvalue weighted by Crippen LogP contribution is 2.13. The molecule has 1 unspecified atom stereocenters. The second-order valence-electron chi connectivity index (χ2n) is 5.55. The summed E-state index contributed by atoms with van der Waals surface area (Å²) in [7, 11) is 0. The third-order valence-corrected chi connectivity index (χ3v) is 3.83. The van der Waals surface area contributed by atoms with Crippen LogP contribution in [0.5, 0.6) is 0 Å². The van der Waals surface area contributed by atoms with Crippen molar-refractivity contribution in [3.8, 4) is 0 Å². The number of esters is 1. The smallest absolute Gasteiger partial charge is 0.338 e. The molecule has 6 nitrogen and oxygen atoms in total. The summed E-state index contributed by atoms with van der Waals surface area (Å²) in [4.78, 5) is 26.0. The molecule has 0 saturated carbocycles. The second kappa shape index (κ2) is 8.64. The van der Waals surface area contributed by atoms with Crippen molar-refractivity contribution < 1.29 is 19.1 Å². The molecule has 0 aromatic heterocycles. The minimum absolute atomic E-state index is 0.0344. The lowest BCUT2D eigenvalue weighted by Crippen LogP contribution is -2.43. The van der Waals surface area contributed by atoms with Crippen molar-refractivity contribution in [2.75, 3.05) is 38.2 Å². The fraction of sp³-hybridized carbons (Fsp3) is 0.529. The van der Waals surface area contributed by atoms with Crippen LogP contribution in [-0.2, 0) is 14.3 Å². The van der Waals surface area contributed by atoms with Crippen molar-refractivity contribution in [2.45, 2.75) is 26.3 Å². The van der Waals surface area contributed by atoms with Crippen LogP contribution in [0.4, 0.5) is 5.69 Å². The van der Waals surface area contributed by atoms with E-state index in [1.807, 2.05) is 0 Å². The molecular weight excluding hydrogens is 296 g/mol. The van der Waals surface area contributed by atoms with E-state index in [9.17, 15) is 9.59 Å². The van der Waals surface area contributed by atoms with Crippen molar-refractivity contribution in [3.63, 3.8) is 0 Å². The molecule has 1 fully saturated rings. The lowest BCUT2D eigenvalue weighted by molar-refractivity contribution is -0.117. The van der Waals surface area contributed by atoms with Crippen LogP contribution in [0, 0.1) is 0 Å². The molecular formula is C17H24N2O4. The Hall–Kier alpha value is -1.92. The maximum atomic E-state index is 12.1. The van der Waals surface area contributed by atoms with Gasteiger partial charge in [-0.3, -0.25) is 9.69 Å². The van der Waals surface area contributed by atoms with E-state index in [-0.39, 0.29) is 17.9 Å². The monoisotopic (exact) mass is 320 g/mol. The van der Waals surface area contributed by atoms with Crippen LogP contribution in [0.15, 0.2) is 24.3 Å². The molecule has 1 amide bonds. The lowest BCUT2D eigenvalue weighted by atomic mass is 10.1. The van der Waals surface area contributed by atoms with Gasteiger partial charge in [0.05, 0.1) is 25.4 Å². The van der Waals surface area contributed by atoms with E-state index in [1.165, 1.54) is 0 Å². The van der Waals surface area contributed by atoms with Gasteiger partial charge in [-0.2, -0.15) is 0 Å². The summed E-state index contributed by atoms with van der Waals surface area (Å²) in [5, 5.41) is 2.86. The summed E-state index contributed by atoms with van der Waals surface area (Å²) in [5.41, 5.74) is 1.16. The number of ether oxygens (including phenoxy) is 2. The third-order valence-electron chi connectivity index (χ3n) is 3.83. The molecule has 1 heterocycles. The number of carbonyl (C=O) groups excluding carboxylic acids is 2. The summed E-state index contributed by atoms with van der Waals surface area (Å²) >= 11 is 0. The number of amides is 1. The third kappa shape index (κ3) is 5.33. The summed E-state index contributed by atoms with van der Waals surface area (Å²) in [6.45, 7) is 7.33. The molecule has 0 aliphatic carbocycles. The normalized spacial score (nSPS) is 16.6. The van der Waals surface area contributed by atoms with Crippen LogP contribution in [-0.4, -0.2) is 55.7 Å². The number of hydrogen-bond acceptors (Lipinski definition) is 5. The first-order chi connectivity index (χ1) is 11.1. The van der Waals surface area contributed by atoms with E-state index in [0.29, 0.717) is 24.3 Å². The number of nitrogens with zero attached hydrogens (tertiary/aromatic N) is 1. The fourth-order valence-corrected chi connectivity index (χ4v) is 2.53. The van der Waals surface area contributed by atoms with Crippen molar-refractivity contribution in [3.05, 3.63) is 29.8 Å². The first-order valence-electron chi connectivity index (χ1n) is 7.99. The highest BCUT2D eigenvalue weighted by Gasteiger charge is 2.19. The maximum absolute atomic E-state index is 12.1.